The maximum Gasteiger partial charge on any atom is 0.119 e. The van der Waals surface area contributed by atoms with Gasteiger partial charge in [0.2, 0.25) is 0 Å². The summed E-state index contributed by atoms with van der Waals surface area (Å²) < 4.78 is 5.23. The van der Waals surface area contributed by atoms with Gasteiger partial charge in [0.05, 0.1) is 7.11 Å². The Morgan fingerprint density at radius 3 is 2.68 bits per heavy atom. The van der Waals surface area contributed by atoms with Crippen molar-refractivity contribution in [1.29, 1.82) is 0 Å². The molecule has 0 bridgehead atoms. The van der Waals surface area contributed by atoms with Gasteiger partial charge in [-0.3, -0.25) is 0 Å². The molecule has 1 atom stereocenters. The monoisotopic (exact) mass is 253 g/mol. The fourth-order valence-corrected chi connectivity index (χ4v) is 2.12. The molecule has 1 N–H and O–H groups in total. The van der Waals surface area contributed by atoms with Crippen LogP contribution in [0.4, 0.5) is 0 Å². The Morgan fingerprint density at radius 2 is 1.95 bits per heavy atom. The highest BCUT2D eigenvalue weighted by Gasteiger charge is 2.05. The summed E-state index contributed by atoms with van der Waals surface area (Å²) in [5, 5.41) is 5.84. The van der Waals surface area contributed by atoms with Crippen LogP contribution in [0.2, 0.25) is 0 Å². The number of terminal acetylenes is 1. The second-order valence-electron chi connectivity index (χ2n) is 4.60. The number of benzene rings is 2. The third-order valence-electron chi connectivity index (χ3n) is 3.29. The zero-order valence-electron chi connectivity index (χ0n) is 11.4. The molecule has 2 rings (SSSR count). The van der Waals surface area contributed by atoms with E-state index in [2.05, 4.69) is 48.5 Å². The molecule has 0 amide bonds. The van der Waals surface area contributed by atoms with Gasteiger partial charge in [0, 0.05) is 19.0 Å². The van der Waals surface area contributed by atoms with E-state index in [-0.39, 0.29) is 0 Å². The summed E-state index contributed by atoms with van der Waals surface area (Å²) in [6.07, 6.45) is 6.01. The van der Waals surface area contributed by atoms with Crippen molar-refractivity contribution in [3.8, 4) is 18.1 Å². The fourth-order valence-electron chi connectivity index (χ4n) is 2.12. The van der Waals surface area contributed by atoms with E-state index in [1.807, 2.05) is 6.07 Å². The van der Waals surface area contributed by atoms with Gasteiger partial charge in [0.25, 0.3) is 0 Å². The first kappa shape index (κ1) is 13.5. The molecule has 2 nitrogen and oxygen atoms in total. The van der Waals surface area contributed by atoms with Crippen LogP contribution in [-0.4, -0.2) is 13.7 Å². The lowest BCUT2D eigenvalue weighted by atomic mass is 10.0. The molecule has 98 valence electrons. The highest BCUT2D eigenvalue weighted by atomic mass is 16.5. The number of fused-ring (bicyclic) bond motifs is 1. The van der Waals surface area contributed by atoms with Gasteiger partial charge in [-0.15, -0.1) is 12.3 Å². The molecule has 0 heterocycles. The first-order chi connectivity index (χ1) is 9.24. The van der Waals surface area contributed by atoms with Gasteiger partial charge in [-0.2, -0.15) is 0 Å². The SMILES string of the molecule is C#CCCNC(C)c1ccc2cc(OC)ccc2c1. The van der Waals surface area contributed by atoms with E-state index < -0.39 is 0 Å². The van der Waals surface area contributed by atoms with Crippen molar-refractivity contribution in [2.24, 2.45) is 0 Å². The molecule has 0 fully saturated rings. The van der Waals surface area contributed by atoms with Crippen LogP contribution in [0.1, 0.15) is 24.9 Å². The summed E-state index contributed by atoms with van der Waals surface area (Å²) >= 11 is 0. The predicted octanol–water partition coefficient (Wildman–Crippen LogP) is 3.52. The van der Waals surface area contributed by atoms with Crippen LogP contribution in [0, 0.1) is 12.3 Å². The number of ether oxygens (including phenoxy) is 1. The molecule has 0 saturated heterocycles. The quantitative estimate of drug-likeness (QED) is 0.650. The molecule has 1 unspecified atom stereocenters. The molecule has 2 aromatic carbocycles. The van der Waals surface area contributed by atoms with Gasteiger partial charge >= 0.3 is 0 Å². The van der Waals surface area contributed by atoms with Crippen molar-refractivity contribution in [3.63, 3.8) is 0 Å². The Morgan fingerprint density at radius 1 is 1.21 bits per heavy atom. The summed E-state index contributed by atoms with van der Waals surface area (Å²) in [6.45, 7) is 3.00. The summed E-state index contributed by atoms with van der Waals surface area (Å²) in [5.41, 5.74) is 1.27. The van der Waals surface area contributed by atoms with Crippen molar-refractivity contribution in [1.82, 2.24) is 5.32 Å². The number of methoxy groups -OCH3 is 1. The minimum Gasteiger partial charge on any atom is -0.497 e. The van der Waals surface area contributed by atoms with Crippen LogP contribution in [0.15, 0.2) is 36.4 Å². The third-order valence-corrected chi connectivity index (χ3v) is 3.29. The van der Waals surface area contributed by atoms with E-state index in [1.54, 1.807) is 7.11 Å². The summed E-state index contributed by atoms with van der Waals surface area (Å²) in [6, 6.07) is 12.9. The first-order valence-corrected chi connectivity index (χ1v) is 6.49. The second kappa shape index (κ2) is 6.26. The van der Waals surface area contributed by atoms with Crippen LogP contribution >= 0.6 is 0 Å². The van der Waals surface area contributed by atoms with Crippen LogP contribution in [0.3, 0.4) is 0 Å². The summed E-state index contributed by atoms with van der Waals surface area (Å²) in [4.78, 5) is 0. The highest BCUT2D eigenvalue weighted by Crippen LogP contribution is 2.24. The maximum absolute atomic E-state index is 5.25. The molecule has 0 radical (unpaired) electrons. The number of hydrogen-bond donors (Lipinski definition) is 1. The highest BCUT2D eigenvalue weighted by molar-refractivity contribution is 5.84. The van der Waals surface area contributed by atoms with Crippen molar-refractivity contribution in [2.45, 2.75) is 19.4 Å². The van der Waals surface area contributed by atoms with E-state index in [4.69, 9.17) is 11.2 Å². The lowest BCUT2D eigenvalue weighted by Crippen LogP contribution is -2.19. The number of nitrogens with one attached hydrogen (secondary N) is 1. The molecule has 0 spiro atoms. The van der Waals surface area contributed by atoms with Gasteiger partial charge in [-0.05, 0) is 41.5 Å². The van der Waals surface area contributed by atoms with Crippen LogP contribution in [0.25, 0.3) is 10.8 Å². The molecule has 2 aromatic rings. The van der Waals surface area contributed by atoms with E-state index >= 15 is 0 Å². The standard InChI is InChI=1S/C17H19NO/c1-4-5-10-18-13(2)14-6-7-16-12-17(19-3)9-8-15(16)11-14/h1,6-9,11-13,18H,5,10H2,2-3H3. The normalized spacial score (nSPS) is 12.1. The Kier molecular flexibility index (Phi) is 4.43. The Balaban J connectivity index is 2.19. The average Bonchev–Trinajstić information content (AvgIpc) is 2.46. The van der Waals surface area contributed by atoms with Gasteiger partial charge < -0.3 is 10.1 Å². The van der Waals surface area contributed by atoms with Crippen molar-refractivity contribution >= 4 is 10.8 Å². The molecular formula is C17H19NO. The van der Waals surface area contributed by atoms with Crippen LogP contribution in [0.5, 0.6) is 5.75 Å². The van der Waals surface area contributed by atoms with Gasteiger partial charge in [-0.1, -0.05) is 18.2 Å². The van der Waals surface area contributed by atoms with Gasteiger partial charge in [0.1, 0.15) is 5.75 Å². The van der Waals surface area contributed by atoms with E-state index in [1.165, 1.54) is 16.3 Å². The predicted molar refractivity (Wildman–Crippen MR) is 80.4 cm³/mol. The van der Waals surface area contributed by atoms with Gasteiger partial charge in [-0.25, -0.2) is 0 Å². The zero-order valence-corrected chi connectivity index (χ0v) is 11.4. The largest absolute Gasteiger partial charge is 0.497 e. The van der Waals surface area contributed by atoms with Crippen molar-refractivity contribution < 1.29 is 4.74 Å². The molecule has 0 aliphatic heterocycles. The summed E-state index contributed by atoms with van der Waals surface area (Å²) in [5.74, 6) is 3.53. The zero-order chi connectivity index (χ0) is 13.7. The Bertz CT molecular complexity index is 598. The Labute approximate surface area is 114 Å². The number of rotatable bonds is 5. The van der Waals surface area contributed by atoms with E-state index in [0.717, 1.165) is 18.7 Å². The maximum atomic E-state index is 5.25. The van der Waals surface area contributed by atoms with Crippen LogP contribution in [-0.2, 0) is 0 Å². The lowest BCUT2D eigenvalue weighted by Gasteiger charge is -2.14. The smallest absolute Gasteiger partial charge is 0.119 e. The average molecular weight is 253 g/mol. The number of hydrogen-bond acceptors (Lipinski definition) is 2. The van der Waals surface area contributed by atoms with Crippen LogP contribution < -0.4 is 10.1 Å². The first-order valence-electron chi connectivity index (χ1n) is 6.49. The minimum atomic E-state index is 0.305. The Hall–Kier alpha value is -1.98. The fraction of sp³-hybridized carbons (Fsp3) is 0.294. The summed E-state index contributed by atoms with van der Waals surface area (Å²) in [7, 11) is 1.69. The molecule has 2 heteroatoms. The minimum absolute atomic E-state index is 0.305. The van der Waals surface area contributed by atoms with E-state index in [9.17, 15) is 0 Å². The molecule has 19 heavy (non-hydrogen) atoms. The van der Waals surface area contributed by atoms with Crippen molar-refractivity contribution in [3.05, 3.63) is 42.0 Å². The van der Waals surface area contributed by atoms with Gasteiger partial charge in [0.15, 0.2) is 0 Å². The topological polar surface area (TPSA) is 21.3 Å². The second-order valence-corrected chi connectivity index (χ2v) is 4.60. The van der Waals surface area contributed by atoms with Crippen molar-refractivity contribution in [2.75, 3.05) is 13.7 Å². The molecule has 0 aliphatic carbocycles. The molecule has 0 saturated carbocycles. The lowest BCUT2D eigenvalue weighted by molar-refractivity contribution is 0.415. The van der Waals surface area contributed by atoms with E-state index in [0.29, 0.717) is 6.04 Å². The molecule has 0 aromatic heterocycles. The third kappa shape index (κ3) is 3.27. The molecule has 0 aliphatic rings. The molecular weight excluding hydrogens is 234 g/mol.